The van der Waals surface area contributed by atoms with E-state index in [0.29, 0.717) is 0 Å². The van der Waals surface area contributed by atoms with Gasteiger partial charge in [-0.15, -0.1) is 0 Å². The van der Waals surface area contributed by atoms with Gasteiger partial charge >= 0.3 is 5.97 Å². The Labute approximate surface area is 129 Å². The summed E-state index contributed by atoms with van der Waals surface area (Å²) in [6, 6.07) is 9.31. The molecule has 4 nitrogen and oxygen atoms in total. The van der Waals surface area contributed by atoms with Gasteiger partial charge in [0.1, 0.15) is 11.1 Å². The number of benzene rings is 1. The van der Waals surface area contributed by atoms with Crippen molar-refractivity contribution >= 4 is 16.9 Å². The summed E-state index contributed by atoms with van der Waals surface area (Å²) >= 11 is 0. The largest absolute Gasteiger partial charge is 1.00 e. The maximum absolute atomic E-state index is 12.0. The first-order valence-corrected chi connectivity index (χ1v) is 6.37. The smallest absolute Gasteiger partial charge is 0.378 e. The minimum atomic E-state index is -0.483. The Morgan fingerprint density at radius 2 is 1.90 bits per heavy atom. The molecule has 1 heterocycles. The number of nitrogens with zero attached hydrogens (tertiary/aromatic N) is 2. The van der Waals surface area contributed by atoms with Crippen LogP contribution >= 0.6 is 0 Å². The van der Waals surface area contributed by atoms with Gasteiger partial charge in [-0.05, 0) is 26.8 Å². The summed E-state index contributed by atoms with van der Waals surface area (Å²) in [4.78, 5) is 12.0. The molecule has 0 saturated carbocycles. The molecule has 5 heteroatoms. The number of rotatable bonds is 2. The van der Waals surface area contributed by atoms with E-state index in [9.17, 15) is 4.79 Å². The summed E-state index contributed by atoms with van der Waals surface area (Å²) in [6.07, 6.45) is 1.80. The molecule has 0 saturated heterocycles. The number of halogens is 1. The first kappa shape index (κ1) is 16.6. The van der Waals surface area contributed by atoms with Crippen LogP contribution in [0.15, 0.2) is 36.5 Å². The van der Waals surface area contributed by atoms with Crippen LogP contribution in [0, 0.1) is 0 Å². The third kappa shape index (κ3) is 4.00. The molecule has 1 atom stereocenters. The Balaban J connectivity index is 0.00000200. The predicted octanol–water partition coefficient (Wildman–Crippen LogP) is -0.571. The quantitative estimate of drug-likeness (QED) is 0.544. The van der Waals surface area contributed by atoms with E-state index < -0.39 is 11.6 Å². The van der Waals surface area contributed by atoms with Gasteiger partial charge in [-0.3, -0.25) is 0 Å². The Morgan fingerprint density at radius 3 is 2.55 bits per heavy atom. The topological polar surface area (TPSA) is 43.1 Å². The number of hydrogen-bond donors (Lipinski definition) is 0. The Hall–Kier alpha value is -1.49. The highest BCUT2D eigenvalue weighted by Crippen LogP contribution is 2.12. The molecule has 0 amide bonds. The van der Waals surface area contributed by atoms with Gasteiger partial charge in [-0.2, -0.15) is 0 Å². The summed E-state index contributed by atoms with van der Waals surface area (Å²) in [5.41, 5.74) is 0.378. The summed E-state index contributed by atoms with van der Waals surface area (Å²) in [5.74, 6) is -0.278. The van der Waals surface area contributed by atoms with Crippen LogP contribution in [0.2, 0.25) is 0 Å². The van der Waals surface area contributed by atoms with Crippen molar-refractivity contribution in [1.82, 2.24) is 5.10 Å². The second-order valence-electron chi connectivity index (χ2n) is 5.56. The van der Waals surface area contributed by atoms with Crippen LogP contribution < -0.4 is 21.7 Å². The number of carbonyl (C=O) groups is 1. The third-order valence-electron chi connectivity index (χ3n) is 2.71. The van der Waals surface area contributed by atoms with Crippen molar-refractivity contribution in [3.05, 3.63) is 36.5 Å². The van der Waals surface area contributed by atoms with Crippen LogP contribution in [0.1, 0.15) is 33.7 Å². The molecule has 0 N–H and O–H groups in total. The van der Waals surface area contributed by atoms with Gasteiger partial charge in [-0.1, -0.05) is 22.9 Å². The molecule has 0 spiro atoms. The number of esters is 1. The second kappa shape index (κ2) is 6.31. The van der Waals surface area contributed by atoms with Crippen molar-refractivity contribution in [1.29, 1.82) is 0 Å². The van der Waals surface area contributed by atoms with Gasteiger partial charge < -0.3 is 21.7 Å². The molecule has 2 aromatic rings. The molecule has 0 bridgehead atoms. The monoisotopic (exact) mass is 338 g/mol. The lowest BCUT2D eigenvalue weighted by atomic mass is 10.2. The van der Waals surface area contributed by atoms with Crippen LogP contribution in [0.25, 0.3) is 10.9 Å². The van der Waals surface area contributed by atoms with Gasteiger partial charge in [0.2, 0.25) is 0 Å². The van der Waals surface area contributed by atoms with E-state index in [0.717, 1.165) is 10.9 Å². The average molecular weight is 339 g/mol. The number of ether oxygens (including phenoxy) is 1. The molecule has 0 radical (unpaired) electrons. The van der Waals surface area contributed by atoms with Crippen molar-refractivity contribution in [2.24, 2.45) is 0 Å². The average Bonchev–Trinajstić information content (AvgIpc) is 2.35. The lowest BCUT2D eigenvalue weighted by molar-refractivity contribution is -0.761. The zero-order valence-electron chi connectivity index (χ0n) is 12.1. The van der Waals surface area contributed by atoms with E-state index in [4.69, 9.17) is 4.74 Å². The lowest BCUT2D eigenvalue weighted by Crippen LogP contribution is -3.00. The molecular weight excluding hydrogens is 320 g/mol. The molecule has 0 aliphatic heterocycles. The van der Waals surface area contributed by atoms with Gasteiger partial charge in [-0.25, -0.2) is 4.79 Å². The van der Waals surface area contributed by atoms with Crippen molar-refractivity contribution in [2.45, 2.75) is 39.3 Å². The van der Waals surface area contributed by atoms with Crippen molar-refractivity contribution in [3.63, 3.8) is 0 Å². The molecule has 1 unspecified atom stereocenters. The second-order valence-corrected chi connectivity index (χ2v) is 5.56. The first-order valence-electron chi connectivity index (χ1n) is 6.37. The SMILES string of the molecule is CC(C(=O)OC(C)(C)C)[n+]1ccc2ccccc2n1.[Br-]. The molecule has 0 fully saturated rings. The molecule has 0 aliphatic rings. The lowest BCUT2D eigenvalue weighted by Gasteiger charge is -2.19. The van der Waals surface area contributed by atoms with E-state index in [1.165, 1.54) is 0 Å². The maximum Gasteiger partial charge on any atom is 0.378 e. The highest BCUT2D eigenvalue weighted by Gasteiger charge is 2.29. The van der Waals surface area contributed by atoms with Crippen molar-refractivity contribution in [3.8, 4) is 0 Å². The highest BCUT2D eigenvalue weighted by molar-refractivity contribution is 5.77. The minimum absolute atomic E-state index is 0. The molecule has 2 rings (SSSR count). The fourth-order valence-corrected chi connectivity index (χ4v) is 1.74. The molecule has 108 valence electrons. The van der Waals surface area contributed by atoms with Crippen LogP contribution in [0.4, 0.5) is 0 Å². The summed E-state index contributed by atoms with van der Waals surface area (Å²) in [5, 5.41) is 5.49. The standard InChI is InChI=1S/C15H19N2O2.BrH/c1-11(14(18)19-15(2,3)4)17-10-9-12-7-5-6-8-13(12)16-17;/h5-11H,1-4H3;1H/q+1;/p-1. The summed E-state index contributed by atoms with van der Waals surface area (Å²) in [7, 11) is 0. The van der Waals surface area contributed by atoms with E-state index >= 15 is 0 Å². The molecular formula is C15H19BrN2O2. The Morgan fingerprint density at radius 1 is 1.25 bits per heavy atom. The van der Waals surface area contributed by atoms with E-state index in [2.05, 4.69) is 5.10 Å². The third-order valence-corrected chi connectivity index (χ3v) is 2.71. The summed E-state index contributed by atoms with van der Waals surface area (Å²) in [6.45, 7) is 7.36. The van der Waals surface area contributed by atoms with Crippen molar-refractivity contribution < 1.29 is 31.2 Å². The molecule has 1 aromatic carbocycles. The normalized spacial score (nSPS) is 12.6. The molecule has 1 aromatic heterocycles. The fourth-order valence-electron chi connectivity index (χ4n) is 1.74. The minimum Gasteiger partial charge on any atom is -1.00 e. The van der Waals surface area contributed by atoms with Crippen LogP contribution in [0.5, 0.6) is 0 Å². The summed E-state index contributed by atoms with van der Waals surface area (Å²) < 4.78 is 7.00. The van der Waals surface area contributed by atoms with E-state index in [1.54, 1.807) is 17.8 Å². The van der Waals surface area contributed by atoms with Crippen LogP contribution in [0.3, 0.4) is 0 Å². The predicted molar refractivity (Wildman–Crippen MR) is 72.5 cm³/mol. The molecule has 20 heavy (non-hydrogen) atoms. The maximum atomic E-state index is 12.0. The Kier molecular flexibility index (Phi) is 5.22. The van der Waals surface area contributed by atoms with Gasteiger partial charge in [0.25, 0.3) is 6.04 Å². The first-order chi connectivity index (χ1) is 8.87. The molecule has 0 aliphatic carbocycles. The van der Waals surface area contributed by atoms with E-state index in [1.807, 2.05) is 51.1 Å². The highest BCUT2D eigenvalue weighted by atomic mass is 79.9. The van der Waals surface area contributed by atoms with E-state index in [-0.39, 0.29) is 23.0 Å². The number of aromatic nitrogens is 2. The number of hydrogen-bond acceptors (Lipinski definition) is 3. The number of fused-ring (bicyclic) bond motifs is 1. The van der Waals surface area contributed by atoms with Gasteiger partial charge in [0, 0.05) is 23.5 Å². The van der Waals surface area contributed by atoms with Crippen LogP contribution in [-0.4, -0.2) is 16.7 Å². The zero-order chi connectivity index (χ0) is 14.0. The Bertz CT molecular complexity index is 608. The van der Waals surface area contributed by atoms with Gasteiger partial charge in [0.15, 0.2) is 6.20 Å². The van der Waals surface area contributed by atoms with Gasteiger partial charge in [0.05, 0.1) is 0 Å². The van der Waals surface area contributed by atoms with Crippen molar-refractivity contribution in [2.75, 3.05) is 0 Å². The zero-order valence-corrected chi connectivity index (χ0v) is 13.7. The fraction of sp³-hybridized carbons (Fsp3) is 0.400. The number of carbonyl (C=O) groups excluding carboxylic acids is 1. The van der Waals surface area contributed by atoms with Crippen LogP contribution in [-0.2, 0) is 9.53 Å².